The van der Waals surface area contributed by atoms with Gasteiger partial charge in [0.15, 0.2) is 0 Å². The van der Waals surface area contributed by atoms with Gasteiger partial charge >= 0.3 is 5.97 Å². The smallest absolute Gasteiger partial charge is 0.337 e. The molecule has 0 amide bonds. The number of hydrogen-bond acceptors (Lipinski definition) is 11. The summed E-state index contributed by atoms with van der Waals surface area (Å²) in [7, 11) is 3.01. The molecule has 0 saturated heterocycles. The molecule has 4 aromatic heterocycles. The lowest BCUT2D eigenvalue weighted by Crippen LogP contribution is -2.32. The van der Waals surface area contributed by atoms with Crippen molar-refractivity contribution in [2.75, 3.05) is 19.5 Å². The van der Waals surface area contributed by atoms with E-state index in [0.29, 0.717) is 35.2 Å². The average molecular weight is 660 g/mol. The Morgan fingerprint density at radius 2 is 1.88 bits per heavy atom. The van der Waals surface area contributed by atoms with E-state index in [9.17, 15) is 9.90 Å². The van der Waals surface area contributed by atoms with Gasteiger partial charge in [0.05, 0.1) is 43.1 Å². The highest BCUT2D eigenvalue weighted by Crippen LogP contribution is 2.44. The maximum absolute atomic E-state index is 12.1. The van der Waals surface area contributed by atoms with E-state index in [1.807, 2.05) is 73.8 Å². The topological polar surface area (TPSA) is 137 Å². The van der Waals surface area contributed by atoms with Crippen LogP contribution in [-0.2, 0) is 23.3 Å². The van der Waals surface area contributed by atoms with Crippen LogP contribution in [0.4, 0.5) is 11.6 Å². The number of carbonyl (C=O) groups is 1. The number of nitrogens with zero attached hydrogens (tertiary/aromatic N) is 6. The first kappa shape index (κ1) is 31.2. The first-order valence-electron chi connectivity index (χ1n) is 15.5. The predicted molar refractivity (Wildman–Crippen MR) is 182 cm³/mol. The number of benzene rings is 2. The summed E-state index contributed by atoms with van der Waals surface area (Å²) in [5.74, 6) is 1.66. The van der Waals surface area contributed by atoms with Crippen LogP contribution in [0.1, 0.15) is 50.5 Å². The van der Waals surface area contributed by atoms with E-state index >= 15 is 0 Å². The van der Waals surface area contributed by atoms with Crippen molar-refractivity contribution in [1.82, 2.24) is 29.9 Å². The Balaban J connectivity index is 1.10. The lowest BCUT2D eigenvalue weighted by Gasteiger charge is -2.33. The summed E-state index contributed by atoms with van der Waals surface area (Å²) < 4.78 is 11.9. The van der Waals surface area contributed by atoms with Gasteiger partial charge in [-0.25, -0.2) is 24.4 Å². The van der Waals surface area contributed by atoms with Crippen molar-refractivity contribution in [1.29, 1.82) is 0 Å². The molecule has 0 bridgehead atoms. The summed E-state index contributed by atoms with van der Waals surface area (Å²) in [4.78, 5) is 27.0. The van der Waals surface area contributed by atoms with E-state index in [4.69, 9.17) is 14.5 Å². The SMILES string of the molecule is COC(=O)c1ccc2c(c1)CCC[C@]2(O)c1ncc(-c2cc(C)cc(Nc3cc(-c4cn(Cc5ccc(OC)cc5)nn4)ccn3)n2)s1. The predicted octanol–water partition coefficient (Wildman–Crippen LogP) is 6.33. The van der Waals surface area contributed by atoms with Gasteiger partial charge in [0.2, 0.25) is 0 Å². The Kier molecular flexibility index (Phi) is 8.42. The number of nitrogens with one attached hydrogen (secondary N) is 1. The molecule has 0 aliphatic heterocycles. The minimum atomic E-state index is -1.25. The molecule has 4 heterocycles. The molecule has 12 heteroatoms. The van der Waals surface area contributed by atoms with Crippen LogP contribution in [-0.4, -0.2) is 55.2 Å². The van der Waals surface area contributed by atoms with Gasteiger partial charge in [0.25, 0.3) is 0 Å². The Morgan fingerprint density at radius 1 is 1.02 bits per heavy atom. The molecule has 2 aromatic carbocycles. The van der Waals surface area contributed by atoms with Crippen molar-refractivity contribution in [2.24, 2.45) is 0 Å². The van der Waals surface area contributed by atoms with Crippen LogP contribution >= 0.6 is 11.3 Å². The molecule has 242 valence electrons. The zero-order valence-electron chi connectivity index (χ0n) is 26.7. The number of ether oxygens (including phenoxy) is 2. The summed E-state index contributed by atoms with van der Waals surface area (Å²) in [5.41, 5.74) is 5.35. The molecule has 0 spiro atoms. The molecule has 0 radical (unpaired) electrons. The Hall–Kier alpha value is -5.46. The molecule has 11 nitrogen and oxygen atoms in total. The largest absolute Gasteiger partial charge is 0.497 e. The standard InChI is InChI=1S/C36H33N7O4S/c1-22-15-29(31-19-38-35(48-31)36(45)13-4-5-24-17-26(34(44)47-3)8-11-28(24)36)39-33(16-22)40-32-18-25(12-14-37-32)30-21-43(42-41-30)20-23-6-9-27(46-2)10-7-23/h6-12,14-19,21,45H,4-5,13,20H2,1-3H3,(H,37,39,40)/t36-/m1/s1. The molecule has 0 saturated carbocycles. The number of aromatic nitrogens is 6. The van der Waals surface area contributed by atoms with Gasteiger partial charge in [-0.2, -0.15) is 0 Å². The summed E-state index contributed by atoms with van der Waals surface area (Å²) in [6.45, 7) is 2.59. The van der Waals surface area contributed by atoms with Crippen molar-refractivity contribution in [3.05, 3.63) is 118 Å². The molecule has 1 atom stereocenters. The van der Waals surface area contributed by atoms with Gasteiger partial charge in [-0.3, -0.25) is 0 Å². The monoisotopic (exact) mass is 659 g/mol. The molecule has 2 N–H and O–H groups in total. The Morgan fingerprint density at radius 3 is 2.69 bits per heavy atom. The molecule has 48 heavy (non-hydrogen) atoms. The van der Waals surface area contributed by atoms with Gasteiger partial charge in [0.1, 0.15) is 33.7 Å². The van der Waals surface area contributed by atoms with Gasteiger partial charge in [-0.1, -0.05) is 23.4 Å². The number of aliphatic hydroxyl groups is 1. The first-order chi connectivity index (χ1) is 23.3. The van der Waals surface area contributed by atoms with Crippen LogP contribution in [0.3, 0.4) is 0 Å². The normalized spacial score (nSPS) is 15.5. The van der Waals surface area contributed by atoms with Gasteiger partial charge in [-0.05, 0) is 97.0 Å². The van der Waals surface area contributed by atoms with E-state index in [1.54, 1.807) is 30.3 Å². The minimum absolute atomic E-state index is 0.395. The number of esters is 1. The molecule has 1 aliphatic carbocycles. The molecule has 0 fully saturated rings. The summed E-state index contributed by atoms with van der Waals surface area (Å²) in [6, 6.07) is 20.9. The number of methoxy groups -OCH3 is 2. The van der Waals surface area contributed by atoms with Crippen molar-refractivity contribution >= 4 is 28.9 Å². The molecular formula is C36H33N7O4S. The lowest BCUT2D eigenvalue weighted by molar-refractivity contribution is 0.0583. The van der Waals surface area contributed by atoms with Gasteiger partial charge in [0, 0.05) is 18.0 Å². The van der Waals surface area contributed by atoms with Crippen LogP contribution in [0.2, 0.25) is 0 Å². The number of thiazole rings is 1. The maximum Gasteiger partial charge on any atom is 0.337 e. The molecule has 7 rings (SSSR count). The number of pyridine rings is 2. The second kappa shape index (κ2) is 13.0. The highest BCUT2D eigenvalue weighted by molar-refractivity contribution is 7.15. The third kappa shape index (κ3) is 6.27. The van der Waals surface area contributed by atoms with E-state index in [-0.39, 0.29) is 0 Å². The highest BCUT2D eigenvalue weighted by atomic mass is 32.1. The van der Waals surface area contributed by atoms with E-state index in [0.717, 1.165) is 62.7 Å². The van der Waals surface area contributed by atoms with Crippen LogP contribution in [0, 0.1) is 6.92 Å². The third-order valence-corrected chi connectivity index (χ3v) is 9.56. The Labute approximate surface area is 281 Å². The van der Waals surface area contributed by atoms with Gasteiger partial charge < -0.3 is 19.9 Å². The second-order valence-corrected chi connectivity index (χ2v) is 12.8. The Bertz CT molecular complexity index is 2110. The number of fused-ring (bicyclic) bond motifs is 1. The highest BCUT2D eigenvalue weighted by Gasteiger charge is 2.39. The number of anilines is 2. The fraction of sp³-hybridized carbons (Fsp3) is 0.222. The molecule has 1 aliphatic rings. The van der Waals surface area contributed by atoms with Crippen molar-refractivity contribution in [3.8, 4) is 27.6 Å². The summed E-state index contributed by atoms with van der Waals surface area (Å²) in [6.07, 6.45) is 7.47. The number of hydrogen-bond donors (Lipinski definition) is 2. The quantitative estimate of drug-likeness (QED) is 0.170. The third-order valence-electron chi connectivity index (χ3n) is 8.39. The number of aryl methyl sites for hydroxylation is 2. The van der Waals surface area contributed by atoms with Crippen molar-refractivity contribution in [3.63, 3.8) is 0 Å². The number of rotatable bonds is 9. The van der Waals surface area contributed by atoms with E-state index in [2.05, 4.69) is 25.6 Å². The van der Waals surface area contributed by atoms with E-state index in [1.165, 1.54) is 18.4 Å². The molecule has 0 unspecified atom stereocenters. The first-order valence-corrected chi connectivity index (χ1v) is 16.3. The minimum Gasteiger partial charge on any atom is -0.497 e. The van der Waals surface area contributed by atoms with Crippen LogP contribution in [0.25, 0.3) is 21.8 Å². The fourth-order valence-corrected chi connectivity index (χ4v) is 7.01. The molecule has 6 aromatic rings. The van der Waals surface area contributed by atoms with Gasteiger partial charge in [-0.15, -0.1) is 16.4 Å². The lowest BCUT2D eigenvalue weighted by atomic mass is 9.79. The van der Waals surface area contributed by atoms with Crippen LogP contribution < -0.4 is 10.1 Å². The van der Waals surface area contributed by atoms with Crippen LogP contribution in [0.15, 0.2) is 85.3 Å². The zero-order valence-corrected chi connectivity index (χ0v) is 27.5. The van der Waals surface area contributed by atoms with Crippen molar-refractivity contribution < 1.29 is 19.4 Å². The fourth-order valence-electron chi connectivity index (χ4n) is 6.00. The van der Waals surface area contributed by atoms with Crippen molar-refractivity contribution in [2.45, 2.75) is 38.3 Å². The zero-order chi connectivity index (χ0) is 33.3. The number of carbonyl (C=O) groups excluding carboxylic acids is 1. The van der Waals surface area contributed by atoms with Crippen LogP contribution in [0.5, 0.6) is 5.75 Å². The summed E-state index contributed by atoms with van der Waals surface area (Å²) >= 11 is 1.42. The average Bonchev–Trinajstić information content (AvgIpc) is 3.79. The van der Waals surface area contributed by atoms with E-state index < -0.39 is 11.6 Å². The maximum atomic E-state index is 12.1. The molecular weight excluding hydrogens is 627 g/mol. The second-order valence-electron chi connectivity index (χ2n) is 11.7. The summed E-state index contributed by atoms with van der Waals surface area (Å²) in [5, 5.41) is 24.6.